The standard InChI is InChI=1S/C33H41BrN2O7/c1-6-20(2)28(27(38)19-33(4,5)32(42)43)36-31(41)29(39)21(3)35-30(40)24(16-23-12-14-25(34)15-13-23)18-26(37)17-22-10-8-7-9-11-22/h7-15,20-21,24,28H,6,16-19H2,1-5H3,(H,35,40)(H,36,41)(H,42,43). The molecule has 0 fully saturated rings. The van der Waals surface area contributed by atoms with Crippen molar-refractivity contribution in [3.05, 3.63) is 70.2 Å². The summed E-state index contributed by atoms with van der Waals surface area (Å²) in [4.78, 5) is 76.8. The summed E-state index contributed by atoms with van der Waals surface area (Å²) in [5, 5.41) is 14.5. The molecule has 0 aliphatic carbocycles. The number of aliphatic carboxylic acids is 1. The summed E-state index contributed by atoms with van der Waals surface area (Å²) in [6, 6.07) is 14.2. The smallest absolute Gasteiger partial charge is 0.309 e. The van der Waals surface area contributed by atoms with Crippen LogP contribution >= 0.6 is 15.9 Å². The van der Waals surface area contributed by atoms with Crippen molar-refractivity contribution in [3.63, 3.8) is 0 Å². The van der Waals surface area contributed by atoms with Gasteiger partial charge in [0.2, 0.25) is 11.7 Å². The van der Waals surface area contributed by atoms with Gasteiger partial charge in [-0.05, 0) is 56.4 Å². The number of carbonyl (C=O) groups is 6. The third-order valence-electron chi connectivity index (χ3n) is 7.50. The van der Waals surface area contributed by atoms with Crippen LogP contribution in [-0.2, 0) is 41.6 Å². The van der Waals surface area contributed by atoms with Crippen molar-refractivity contribution in [1.29, 1.82) is 0 Å². The second kappa shape index (κ2) is 16.3. The van der Waals surface area contributed by atoms with E-state index >= 15 is 0 Å². The molecular formula is C33H41BrN2O7. The van der Waals surface area contributed by atoms with Crippen molar-refractivity contribution >= 4 is 51.1 Å². The molecule has 2 amide bonds. The largest absolute Gasteiger partial charge is 0.481 e. The number of nitrogens with one attached hydrogen (secondary N) is 2. The minimum absolute atomic E-state index is 0.0617. The van der Waals surface area contributed by atoms with Crippen LogP contribution < -0.4 is 10.6 Å². The summed E-state index contributed by atoms with van der Waals surface area (Å²) in [6.07, 6.45) is 0.516. The summed E-state index contributed by atoms with van der Waals surface area (Å²) in [7, 11) is 0. The van der Waals surface area contributed by atoms with Crippen molar-refractivity contribution in [2.45, 2.75) is 78.8 Å². The van der Waals surface area contributed by atoms with Crippen LogP contribution in [0.3, 0.4) is 0 Å². The highest BCUT2D eigenvalue weighted by Gasteiger charge is 2.37. The Kier molecular flexibility index (Phi) is 13.4. The molecule has 0 aliphatic rings. The zero-order valence-corrected chi connectivity index (χ0v) is 26.9. The zero-order chi connectivity index (χ0) is 32.3. The first-order valence-electron chi connectivity index (χ1n) is 14.4. The number of halogens is 1. The van der Waals surface area contributed by atoms with E-state index in [1.807, 2.05) is 61.5 Å². The van der Waals surface area contributed by atoms with E-state index in [1.165, 1.54) is 20.8 Å². The molecule has 0 aromatic heterocycles. The van der Waals surface area contributed by atoms with Gasteiger partial charge in [0.25, 0.3) is 5.91 Å². The fraction of sp³-hybridized carbons (Fsp3) is 0.455. The van der Waals surface area contributed by atoms with Gasteiger partial charge in [0.15, 0.2) is 5.78 Å². The van der Waals surface area contributed by atoms with E-state index in [0.29, 0.717) is 6.42 Å². The zero-order valence-electron chi connectivity index (χ0n) is 25.3. The van der Waals surface area contributed by atoms with Crippen LogP contribution in [0.2, 0.25) is 0 Å². The first kappa shape index (κ1) is 35.5. The van der Waals surface area contributed by atoms with Gasteiger partial charge in [0.1, 0.15) is 5.78 Å². The third-order valence-corrected chi connectivity index (χ3v) is 8.03. The van der Waals surface area contributed by atoms with E-state index < -0.39 is 52.8 Å². The quantitative estimate of drug-likeness (QED) is 0.213. The predicted octanol–water partition coefficient (Wildman–Crippen LogP) is 4.48. The summed E-state index contributed by atoms with van der Waals surface area (Å²) >= 11 is 3.38. The number of carbonyl (C=O) groups excluding carboxylic acids is 5. The molecule has 2 aromatic rings. The van der Waals surface area contributed by atoms with Gasteiger partial charge in [-0.25, -0.2) is 0 Å². The molecule has 0 aliphatic heterocycles. The lowest BCUT2D eigenvalue weighted by atomic mass is 9.82. The lowest BCUT2D eigenvalue weighted by Crippen LogP contribution is -2.53. The Labute approximate surface area is 261 Å². The molecule has 0 spiro atoms. The summed E-state index contributed by atoms with van der Waals surface area (Å²) in [5.41, 5.74) is 0.306. The highest BCUT2D eigenvalue weighted by Crippen LogP contribution is 2.24. The van der Waals surface area contributed by atoms with Crippen LogP contribution in [0.4, 0.5) is 0 Å². The molecule has 2 rings (SSSR count). The van der Waals surface area contributed by atoms with Crippen LogP contribution in [0.1, 0.15) is 65.0 Å². The molecule has 0 saturated carbocycles. The van der Waals surface area contributed by atoms with Gasteiger partial charge in [0, 0.05) is 29.7 Å². The average molecular weight is 658 g/mol. The van der Waals surface area contributed by atoms with Gasteiger partial charge in [-0.2, -0.15) is 0 Å². The van der Waals surface area contributed by atoms with Crippen LogP contribution in [0.25, 0.3) is 0 Å². The second-order valence-electron chi connectivity index (χ2n) is 11.7. The second-order valence-corrected chi connectivity index (χ2v) is 12.6. The van der Waals surface area contributed by atoms with Gasteiger partial charge < -0.3 is 15.7 Å². The lowest BCUT2D eigenvalue weighted by molar-refractivity contribution is -0.150. The first-order chi connectivity index (χ1) is 20.1. The number of Topliss-reactive ketones (excluding diaryl/α,β-unsaturated/α-hetero) is 3. The average Bonchev–Trinajstić information content (AvgIpc) is 2.95. The van der Waals surface area contributed by atoms with Crippen molar-refractivity contribution in [2.75, 3.05) is 0 Å². The number of benzene rings is 2. The maximum absolute atomic E-state index is 13.4. The molecule has 3 N–H and O–H groups in total. The van der Waals surface area contributed by atoms with Crippen molar-refractivity contribution in [2.24, 2.45) is 17.3 Å². The third kappa shape index (κ3) is 11.2. The fourth-order valence-electron chi connectivity index (χ4n) is 4.54. The van der Waals surface area contributed by atoms with Crippen molar-refractivity contribution < 1.29 is 33.9 Å². The van der Waals surface area contributed by atoms with E-state index in [4.69, 9.17) is 0 Å². The fourth-order valence-corrected chi connectivity index (χ4v) is 4.80. The van der Waals surface area contributed by atoms with Crippen LogP contribution in [0.15, 0.2) is 59.1 Å². The number of hydrogen-bond donors (Lipinski definition) is 3. The van der Waals surface area contributed by atoms with Gasteiger partial charge >= 0.3 is 5.97 Å². The number of carboxylic acids is 1. The van der Waals surface area contributed by atoms with Gasteiger partial charge in [0.05, 0.1) is 17.5 Å². The molecule has 43 heavy (non-hydrogen) atoms. The minimum atomic E-state index is -1.35. The molecule has 0 radical (unpaired) electrons. The molecule has 0 bridgehead atoms. The molecule has 4 atom stereocenters. The number of amides is 2. The molecule has 0 saturated heterocycles. The van der Waals surface area contributed by atoms with E-state index in [0.717, 1.165) is 15.6 Å². The number of hydrogen-bond acceptors (Lipinski definition) is 6. The predicted molar refractivity (Wildman–Crippen MR) is 166 cm³/mol. The molecule has 0 heterocycles. The molecule has 4 unspecified atom stereocenters. The number of rotatable bonds is 17. The monoisotopic (exact) mass is 656 g/mol. The highest BCUT2D eigenvalue weighted by molar-refractivity contribution is 9.10. The SMILES string of the molecule is CCC(C)C(NC(=O)C(=O)C(C)NC(=O)C(CC(=O)Cc1ccccc1)Cc1ccc(Br)cc1)C(=O)CC(C)(C)C(=O)O. The van der Waals surface area contributed by atoms with Gasteiger partial charge in [-0.1, -0.05) is 78.7 Å². The maximum Gasteiger partial charge on any atom is 0.309 e. The molecule has 2 aromatic carbocycles. The number of carboxylic acid groups (broad SMARTS) is 1. The lowest BCUT2D eigenvalue weighted by Gasteiger charge is -2.27. The maximum atomic E-state index is 13.4. The summed E-state index contributed by atoms with van der Waals surface area (Å²) in [5.74, 6) is -5.48. The number of ketones is 3. The summed E-state index contributed by atoms with van der Waals surface area (Å²) < 4.78 is 0.864. The Morgan fingerprint density at radius 2 is 1.49 bits per heavy atom. The Morgan fingerprint density at radius 3 is 2.05 bits per heavy atom. The van der Waals surface area contributed by atoms with E-state index in [9.17, 15) is 33.9 Å². The van der Waals surface area contributed by atoms with E-state index in [1.54, 1.807) is 6.92 Å². The Hall–Kier alpha value is -3.66. The topological polar surface area (TPSA) is 147 Å². The van der Waals surface area contributed by atoms with Gasteiger partial charge in [-0.15, -0.1) is 0 Å². The van der Waals surface area contributed by atoms with E-state index in [-0.39, 0.29) is 37.4 Å². The Balaban J connectivity index is 2.15. The van der Waals surface area contributed by atoms with E-state index in [2.05, 4.69) is 26.6 Å². The van der Waals surface area contributed by atoms with Gasteiger partial charge in [-0.3, -0.25) is 28.8 Å². The summed E-state index contributed by atoms with van der Waals surface area (Å²) in [6.45, 7) is 7.75. The highest BCUT2D eigenvalue weighted by atomic mass is 79.9. The van der Waals surface area contributed by atoms with Crippen molar-refractivity contribution in [3.8, 4) is 0 Å². The molecular weight excluding hydrogens is 616 g/mol. The van der Waals surface area contributed by atoms with Crippen LogP contribution in [-0.4, -0.2) is 52.3 Å². The Bertz CT molecular complexity index is 1310. The molecule has 9 nitrogen and oxygen atoms in total. The Morgan fingerprint density at radius 1 is 0.884 bits per heavy atom. The minimum Gasteiger partial charge on any atom is -0.481 e. The normalized spacial score (nSPS) is 14.1. The van der Waals surface area contributed by atoms with Crippen molar-refractivity contribution in [1.82, 2.24) is 10.6 Å². The molecule has 232 valence electrons. The molecule has 10 heteroatoms. The van der Waals surface area contributed by atoms with Crippen LogP contribution in [0.5, 0.6) is 0 Å². The van der Waals surface area contributed by atoms with Crippen LogP contribution in [0, 0.1) is 17.3 Å². The first-order valence-corrected chi connectivity index (χ1v) is 15.1.